The van der Waals surface area contributed by atoms with Crippen LogP contribution in [0.5, 0.6) is 0 Å². The summed E-state index contributed by atoms with van der Waals surface area (Å²) in [5.74, 6) is 0.798. The Morgan fingerprint density at radius 2 is 2.50 bits per heavy atom. The molecule has 0 spiro atoms. The van der Waals surface area contributed by atoms with Crippen molar-refractivity contribution >= 4 is 17.5 Å². The first-order valence-electron chi connectivity index (χ1n) is 2.98. The molecule has 0 radical (unpaired) electrons. The molecule has 0 rings (SSSR count). The summed E-state index contributed by atoms with van der Waals surface area (Å²) in [5.41, 5.74) is -0.321. The van der Waals surface area contributed by atoms with Crippen LogP contribution in [0.15, 0.2) is 12.7 Å². The molecule has 58 valence electrons. The van der Waals surface area contributed by atoms with Gasteiger partial charge in [-0.25, -0.2) is 0 Å². The van der Waals surface area contributed by atoms with Crippen LogP contribution in [0.1, 0.15) is 6.92 Å². The van der Waals surface area contributed by atoms with E-state index >= 15 is 0 Å². The van der Waals surface area contributed by atoms with Crippen LogP contribution in [0.25, 0.3) is 0 Å². The average molecular weight is 160 g/mol. The molecule has 0 bridgehead atoms. The van der Waals surface area contributed by atoms with Gasteiger partial charge in [-0.2, -0.15) is 0 Å². The Labute approximate surface area is 65.6 Å². The maximum atomic E-state index is 10.7. The molecule has 0 aliphatic rings. The molecule has 0 N–H and O–H groups in total. The molecule has 0 aromatic heterocycles. The minimum Gasteiger partial charge on any atom is -0.363 e. The molecule has 0 amide bonds. The lowest BCUT2D eigenvalue weighted by Crippen LogP contribution is -2.15. The van der Waals surface area contributed by atoms with Gasteiger partial charge >= 0.3 is 0 Å². The second-order valence-electron chi connectivity index (χ2n) is 1.80. The second kappa shape index (κ2) is 5.50. The van der Waals surface area contributed by atoms with Crippen LogP contribution >= 0.6 is 11.8 Å². The topological polar surface area (TPSA) is 26.3 Å². The first kappa shape index (κ1) is 9.72. The van der Waals surface area contributed by atoms with Gasteiger partial charge in [0.05, 0.1) is 0 Å². The highest BCUT2D eigenvalue weighted by Gasteiger charge is 2.10. The Bertz CT molecular complexity index is 123. The summed E-state index contributed by atoms with van der Waals surface area (Å²) in [4.78, 5) is 10.7. The molecule has 2 nitrogen and oxygen atoms in total. The fraction of sp³-hybridized carbons (Fsp3) is 0.571. The zero-order valence-electron chi connectivity index (χ0n) is 6.29. The lowest BCUT2D eigenvalue weighted by molar-refractivity contribution is -0.122. The molecule has 0 saturated carbocycles. The van der Waals surface area contributed by atoms with Gasteiger partial charge in [-0.15, -0.1) is 18.3 Å². The van der Waals surface area contributed by atoms with E-state index in [-0.39, 0.29) is 11.2 Å². The molecule has 1 unspecified atom stereocenters. The molecule has 0 aromatic carbocycles. The van der Waals surface area contributed by atoms with Crippen molar-refractivity contribution in [3.63, 3.8) is 0 Å². The predicted octanol–water partition coefficient (Wildman–Crippen LogP) is 1.47. The standard InChI is InChI=1S/C7H12O2S/c1-4-5-10-7(9-3)6(2)8/h4,7H,1,5H2,2-3H3. The van der Waals surface area contributed by atoms with Gasteiger partial charge in [0.1, 0.15) is 0 Å². The van der Waals surface area contributed by atoms with E-state index in [0.29, 0.717) is 0 Å². The molecule has 3 heteroatoms. The van der Waals surface area contributed by atoms with Crippen molar-refractivity contribution in [2.45, 2.75) is 12.4 Å². The van der Waals surface area contributed by atoms with Crippen molar-refractivity contribution in [3.8, 4) is 0 Å². The van der Waals surface area contributed by atoms with Crippen molar-refractivity contribution in [2.24, 2.45) is 0 Å². The largest absolute Gasteiger partial charge is 0.363 e. The fourth-order valence-corrected chi connectivity index (χ4v) is 1.19. The van der Waals surface area contributed by atoms with Crippen LogP contribution < -0.4 is 0 Å². The summed E-state index contributed by atoms with van der Waals surface area (Å²) >= 11 is 1.44. The van der Waals surface area contributed by atoms with E-state index in [9.17, 15) is 4.79 Å². The van der Waals surface area contributed by atoms with Crippen LogP contribution in [0.3, 0.4) is 0 Å². The maximum absolute atomic E-state index is 10.7. The summed E-state index contributed by atoms with van der Waals surface area (Å²) in [6.07, 6.45) is 1.75. The van der Waals surface area contributed by atoms with E-state index in [2.05, 4.69) is 6.58 Å². The molecule has 10 heavy (non-hydrogen) atoms. The van der Waals surface area contributed by atoms with E-state index < -0.39 is 0 Å². The number of thioether (sulfide) groups is 1. The average Bonchev–Trinajstić information content (AvgIpc) is 1.89. The van der Waals surface area contributed by atoms with E-state index in [0.717, 1.165) is 5.75 Å². The summed E-state index contributed by atoms with van der Waals surface area (Å²) in [6.45, 7) is 5.06. The molecule has 0 heterocycles. The molecular formula is C7H12O2S. The van der Waals surface area contributed by atoms with Crippen LogP contribution in [0.2, 0.25) is 0 Å². The number of hydrogen-bond donors (Lipinski definition) is 0. The van der Waals surface area contributed by atoms with Gasteiger partial charge in [0.2, 0.25) is 0 Å². The molecule has 1 atom stereocenters. The zero-order valence-corrected chi connectivity index (χ0v) is 7.11. The highest BCUT2D eigenvalue weighted by Crippen LogP contribution is 2.11. The van der Waals surface area contributed by atoms with E-state index in [1.807, 2.05) is 0 Å². The van der Waals surface area contributed by atoms with Crippen molar-refractivity contribution in [3.05, 3.63) is 12.7 Å². The summed E-state index contributed by atoms with van der Waals surface area (Å²) < 4.78 is 4.88. The third-order valence-corrected chi connectivity index (χ3v) is 2.17. The molecule has 0 saturated heterocycles. The molecule has 0 aliphatic carbocycles. The Kier molecular flexibility index (Phi) is 5.35. The van der Waals surface area contributed by atoms with Gasteiger partial charge in [0, 0.05) is 12.9 Å². The first-order chi connectivity index (χ1) is 4.72. The minimum absolute atomic E-state index is 0.0503. The highest BCUT2D eigenvalue weighted by atomic mass is 32.2. The van der Waals surface area contributed by atoms with Gasteiger partial charge in [-0.3, -0.25) is 4.79 Å². The van der Waals surface area contributed by atoms with Crippen LogP contribution in [-0.4, -0.2) is 24.1 Å². The summed E-state index contributed by atoms with van der Waals surface area (Å²) in [6, 6.07) is 0. The first-order valence-corrected chi connectivity index (χ1v) is 4.03. The zero-order chi connectivity index (χ0) is 7.98. The number of ether oxygens (including phenoxy) is 1. The normalized spacial score (nSPS) is 12.6. The molecular weight excluding hydrogens is 148 g/mol. The van der Waals surface area contributed by atoms with Crippen LogP contribution in [0.4, 0.5) is 0 Å². The van der Waals surface area contributed by atoms with Gasteiger partial charge in [0.15, 0.2) is 11.2 Å². The number of hydrogen-bond acceptors (Lipinski definition) is 3. The number of carbonyl (C=O) groups excluding carboxylic acids is 1. The van der Waals surface area contributed by atoms with Crippen LogP contribution in [-0.2, 0) is 9.53 Å². The Morgan fingerprint density at radius 1 is 1.90 bits per heavy atom. The Balaban J connectivity index is 3.60. The number of carbonyl (C=O) groups is 1. The Morgan fingerprint density at radius 3 is 2.80 bits per heavy atom. The van der Waals surface area contributed by atoms with Gasteiger partial charge in [-0.1, -0.05) is 6.08 Å². The van der Waals surface area contributed by atoms with Gasteiger partial charge in [-0.05, 0) is 6.92 Å². The number of methoxy groups -OCH3 is 1. The fourth-order valence-electron chi connectivity index (χ4n) is 0.507. The van der Waals surface area contributed by atoms with Crippen LogP contribution in [0, 0.1) is 0 Å². The Hall–Kier alpha value is -0.280. The van der Waals surface area contributed by atoms with Crippen molar-refractivity contribution < 1.29 is 9.53 Å². The third-order valence-electron chi connectivity index (χ3n) is 0.911. The van der Waals surface area contributed by atoms with Crippen molar-refractivity contribution in [1.29, 1.82) is 0 Å². The lowest BCUT2D eigenvalue weighted by atomic mass is 10.5. The quantitative estimate of drug-likeness (QED) is 0.450. The van der Waals surface area contributed by atoms with Crippen molar-refractivity contribution in [1.82, 2.24) is 0 Å². The number of Topliss-reactive ketones (excluding diaryl/α,β-unsaturated/α-hetero) is 1. The van der Waals surface area contributed by atoms with E-state index in [1.54, 1.807) is 6.08 Å². The van der Waals surface area contributed by atoms with E-state index in [4.69, 9.17) is 4.74 Å². The number of rotatable bonds is 5. The lowest BCUT2D eigenvalue weighted by Gasteiger charge is -2.08. The highest BCUT2D eigenvalue weighted by molar-refractivity contribution is 8.00. The second-order valence-corrected chi connectivity index (χ2v) is 2.90. The summed E-state index contributed by atoms with van der Waals surface area (Å²) in [7, 11) is 1.53. The van der Waals surface area contributed by atoms with Gasteiger partial charge in [0.25, 0.3) is 0 Å². The maximum Gasteiger partial charge on any atom is 0.168 e. The number of ketones is 1. The van der Waals surface area contributed by atoms with E-state index in [1.165, 1.54) is 25.8 Å². The molecule has 0 aromatic rings. The smallest absolute Gasteiger partial charge is 0.168 e. The SMILES string of the molecule is C=CCSC(OC)C(C)=O. The minimum atomic E-state index is -0.321. The molecule has 0 fully saturated rings. The third kappa shape index (κ3) is 3.69. The monoisotopic (exact) mass is 160 g/mol. The molecule has 0 aliphatic heterocycles. The van der Waals surface area contributed by atoms with Gasteiger partial charge < -0.3 is 4.74 Å². The predicted molar refractivity (Wildman–Crippen MR) is 44.1 cm³/mol. The summed E-state index contributed by atoms with van der Waals surface area (Å²) in [5, 5.41) is 0. The van der Waals surface area contributed by atoms with Crippen molar-refractivity contribution in [2.75, 3.05) is 12.9 Å².